The Kier molecular flexibility index (Phi) is 4.71. The lowest BCUT2D eigenvalue weighted by Crippen LogP contribution is -2.27. The molecule has 3 aromatic rings. The van der Waals surface area contributed by atoms with E-state index in [4.69, 9.17) is 0 Å². The quantitative estimate of drug-likeness (QED) is 0.633. The fraction of sp³-hybridized carbons (Fsp3) is 0.238. The van der Waals surface area contributed by atoms with E-state index < -0.39 is 5.82 Å². The zero-order valence-corrected chi connectivity index (χ0v) is 17.1. The van der Waals surface area contributed by atoms with Crippen LogP contribution in [0.4, 0.5) is 15.8 Å². The van der Waals surface area contributed by atoms with Crippen molar-refractivity contribution in [2.45, 2.75) is 19.8 Å². The average molecular weight is 444 g/mol. The van der Waals surface area contributed by atoms with E-state index in [2.05, 4.69) is 21.2 Å². The molecular formula is C21H19BrFN3O2. The number of nitrogens with zero attached hydrogens (tertiary/aromatic N) is 2. The molecule has 1 aliphatic rings. The molecule has 2 aromatic carbocycles. The number of hydrogen-bond acceptors (Lipinski definition) is 2. The van der Waals surface area contributed by atoms with Crippen molar-refractivity contribution in [2.75, 3.05) is 16.8 Å². The summed E-state index contributed by atoms with van der Waals surface area (Å²) >= 11 is 3.45. The number of halogens is 2. The summed E-state index contributed by atoms with van der Waals surface area (Å²) in [7, 11) is 1.76. The van der Waals surface area contributed by atoms with Crippen LogP contribution in [-0.2, 0) is 11.8 Å². The van der Waals surface area contributed by atoms with Gasteiger partial charge in [-0.05, 0) is 55.3 Å². The van der Waals surface area contributed by atoms with Crippen molar-refractivity contribution in [3.05, 3.63) is 57.9 Å². The molecule has 0 radical (unpaired) electrons. The third-order valence-electron chi connectivity index (χ3n) is 5.11. The SMILES string of the molecule is Cc1cc(NC(=O)c2c(N3CCCC3=O)c3cc(F)ccc3n2C)ccc1Br. The second-order valence-corrected chi connectivity index (χ2v) is 7.84. The van der Waals surface area contributed by atoms with Crippen molar-refractivity contribution in [1.29, 1.82) is 0 Å². The monoisotopic (exact) mass is 443 g/mol. The van der Waals surface area contributed by atoms with Gasteiger partial charge in [-0.3, -0.25) is 9.59 Å². The van der Waals surface area contributed by atoms with Gasteiger partial charge in [0.15, 0.2) is 0 Å². The minimum atomic E-state index is -0.401. The molecule has 2 heterocycles. The van der Waals surface area contributed by atoms with E-state index >= 15 is 0 Å². The number of aryl methyl sites for hydroxylation is 2. The molecule has 2 amide bonds. The van der Waals surface area contributed by atoms with Crippen LogP contribution in [0, 0.1) is 12.7 Å². The summed E-state index contributed by atoms with van der Waals surface area (Å²) in [5, 5.41) is 3.47. The van der Waals surface area contributed by atoms with Gasteiger partial charge >= 0.3 is 0 Å². The number of hydrogen-bond donors (Lipinski definition) is 1. The summed E-state index contributed by atoms with van der Waals surface area (Å²) in [6.07, 6.45) is 1.15. The van der Waals surface area contributed by atoms with Crippen LogP contribution < -0.4 is 10.2 Å². The fourth-order valence-electron chi connectivity index (χ4n) is 3.73. The molecule has 0 atom stereocenters. The maximum atomic E-state index is 14.0. The van der Waals surface area contributed by atoms with Gasteiger partial charge in [0.2, 0.25) is 5.91 Å². The first-order valence-corrected chi connectivity index (χ1v) is 9.82. The highest BCUT2D eigenvalue weighted by molar-refractivity contribution is 9.10. The minimum absolute atomic E-state index is 0.0507. The number of carbonyl (C=O) groups excluding carboxylic acids is 2. The Balaban J connectivity index is 1.85. The standard InChI is InChI=1S/C21H19BrFN3O2/c1-12-10-14(6-7-16(12)22)24-21(28)20-19(26-9-3-4-18(26)27)15-11-13(23)5-8-17(15)25(20)2/h5-8,10-11H,3-4,9H2,1-2H3,(H,24,28). The van der Waals surface area contributed by atoms with Gasteiger partial charge in [-0.25, -0.2) is 4.39 Å². The highest BCUT2D eigenvalue weighted by atomic mass is 79.9. The maximum absolute atomic E-state index is 14.0. The second kappa shape index (κ2) is 7.05. The molecular weight excluding hydrogens is 425 g/mol. The lowest BCUT2D eigenvalue weighted by Gasteiger charge is -2.18. The van der Waals surface area contributed by atoms with E-state index in [1.165, 1.54) is 12.1 Å². The molecule has 7 heteroatoms. The average Bonchev–Trinajstić information content (AvgIpc) is 3.18. The first-order chi connectivity index (χ1) is 13.4. The number of nitrogens with one attached hydrogen (secondary N) is 1. The van der Waals surface area contributed by atoms with E-state index in [-0.39, 0.29) is 11.8 Å². The molecule has 4 rings (SSSR count). The Labute approximate surface area is 170 Å². The Morgan fingerprint density at radius 2 is 2.00 bits per heavy atom. The molecule has 1 aliphatic heterocycles. The Morgan fingerprint density at radius 1 is 1.21 bits per heavy atom. The molecule has 1 fully saturated rings. The summed E-state index contributed by atoms with van der Waals surface area (Å²) in [5.41, 5.74) is 3.17. The maximum Gasteiger partial charge on any atom is 0.274 e. The molecule has 0 saturated carbocycles. The van der Waals surface area contributed by atoms with Gasteiger partial charge in [-0.1, -0.05) is 15.9 Å². The van der Waals surface area contributed by atoms with Gasteiger partial charge in [0.05, 0.1) is 11.2 Å². The first-order valence-electron chi connectivity index (χ1n) is 9.02. The Hall–Kier alpha value is -2.67. The highest BCUT2D eigenvalue weighted by Gasteiger charge is 2.31. The van der Waals surface area contributed by atoms with Crippen molar-refractivity contribution in [2.24, 2.45) is 7.05 Å². The molecule has 1 aromatic heterocycles. The normalized spacial score (nSPS) is 14.1. The van der Waals surface area contributed by atoms with E-state index in [1.807, 2.05) is 19.1 Å². The van der Waals surface area contributed by atoms with Gasteiger partial charge in [0.1, 0.15) is 11.5 Å². The zero-order chi connectivity index (χ0) is 20.0. The van der Waals surface area contributed by atoms with Crippen LogP contribution in [0.2, 0.25) is 0 Å². The molecule has 5 nitrogen and oxygen atoms in total. The molecule has 0 aliphatic carbocycles. The molecule has 1 saturated heterocycles. The second-order valence-electron chi connectivity index (χ2n) is 6.98. The lowest BCUT2D eigenvalue weighted by atomic mass is 10.2. The first kappa shape index (κ1) is 18.7. The van der Waals surface area contributed by atoms with Crippen LogP contribution in [0.25, 0.3) is 10.9 Å². The van der Waals surface area contributed by atoms with Gasteiger partial charge in [0, 0.05) is 35.6 Å². The molecule has 0 bridgehead atoms. The molecule has 1 N–H and O–H groups in total. The van der Waals surface area contributed by atoms with Crippen LogP contribution >= 0.6 is 15.9 Å². The summed E-state index contributed by atoms with van der Waals surface area (Å²) in [4.78, 5) is 27.2. The van der Waals surface area contributed by atoms with E-state index in [9.17, 15) is 14.0 Å². The van der Waals surface area contributed by atoms with Gasteiger partial charge < -0.3 is 14.8 Å². The van der Waals surface area contributed by atoms with Gasteiger partial charge in [-0.2, -0.15) is 0 Å². The lowest BCUT2D eigenvalue weighted by molar-refractivity contribution is -0.117. The van der Waals surface area contributed by atoms with Crippen molar-refractivity contribution in [3.8, 4) is 0 Å². The summed E-state index contributed by atoms with van der Waals surface area (Å²) in [5.74, 6) is -0.790. The molecule has 28 heavy (non-hydrogen) atoms. The number of amides is 2. The Morgan fingerprint density at radius 3 is 2.68 bits per heavy atom. The number of carbonyl (C=O) groups is 2. The third kappa shape index (κ3) is 3.09. The predicted octanol–water partition coefficient (Wildman–Crippen LogP) is 4.77. The predicted molar refractivity (Wildman–Crippen MR) is 111 cm³/mol. The van der Waals surface area contributed by atoms with Gasteiger partial charge in [0.25, 0.3) is 5.91 Å². The van der Waals surface area contributed by atoms with Crippen molar-refractivity contribution < 1.29 is 14.0 Å². The van der Waals surface area contributed by atoms with Crippen molar-refractivity contribution >= 4 is 50.0 Å². The fourth-order valence-corrected chi connectivity index (χ4v) is 3.97. The molecule has 0 unspecified atom stereocenters. The largest absolute Gasteiger partial charge is 0.338 e. The van der Waals surface area contributed by atoms with Crippen LogP contribution in [0.15, 0.2) is 40.9 Å². The topological polar surface area (TPSA) is 54.3 Å². The van der Waals surface area contributed by atoms with Gasteiger partial charge in [-0.15, -0.1) is 0 Å². The van der Waals surface area contributed by atoms with Crippen LogP contribution in [-0.4, -0.2) is 22.9 Å². The van der Waals surface area contributed by atoms with E-state index in [0.29, 0.717) is 40.9 Å². The smallest absolute Gasteiger partial charge is 0.274 e. The zero-order valence-electron chi connectivity index (χ0n) is 15.6. The Bertz CT molecular complexity index is 1120. The minimum Gasteiger partial charge on any atom is -0.338 e. The van der Waals surface area contributed by atoms with Crippen LogP contribution in [0.3, 0.4) is 0 Å². The number of rotatable bonds is 3. The van der Waals surface area contributed by atoms with Crippen LogP contribution in [0.1, 0.15) is 28.9 Å². The number of aromatic nitrogens is 1. The number of anilines is 2. The number of fused-ring (bicyclic) bond motifs is 1. The summed E-state index contributed by atoms with van der Waals surface area (Å²) in [6, 6.07) is 9.92. The third-order valence-corrected chi connectivity index (χ3v) is 6.00. The van der Waals surface area contributed by atoms with Crippen molar-refractivity contribution in [3.63, 3.8) is 0 Å². The summed E-state index contributed by atoms with van der Waals surface area (Å²) < 4.78 is 16.6. The van der Waals surface area contributed by atoms with E-state index in [1.54, 1.807) is 28.6 Å². The highest BCUT2D eigenvalue weighted by Crippen LogP contribution is 2.37. The summed E-state index contributed by atoms with van der Waals surface area (Å²) in [6.45, 7) is 2.46. The molecule has 0 spiro atoms. The van der Waals surface area contributed by atoms with Crippen molar-refractivity contribution in [1.82, 2.24) is 4.57 Å². The number of benzene rings is 2. The van der Waals surface area contributed by atoms with Crippen LogP contribution in [0.5, 0.6) is 0 Å². The molecule has 144 valence electrons. The van der Waals surface area contributed by atoms with E-state index in [0.717, 1.165) is 16.5 Å².